The number of rotatable bonds is 5. The van der Waals surface area contributed by atoms with Gasteiger partial charge in [0.15, 0.2) is 0 Å². The van der Waals surface area contributed by atoms with E-state index >= 15 is 0 Å². The van der Waals surface area contributed by atoms with Crippen LogP contribution in [0.2, 0.25) is 0 Å². The van der Waals surface area contributed by atoms with Gasteiger partial charge in [0.2, 0.25) is 5.91 Å². The SMILES string of the molecule is Cc1nn(C)c(C)c1CCNC(=O)Cc1ccc2cccc(N)c2n1. The van der Waals surface area contributed by atoms with Crippen molar-refractivity contribution in [3.8, 4) is 0 Å². The second-order valence-corrected chi connectivity index (χ2v) is 6.27. The molecule has 0 bridgehead atoms. The zero-order valence-corrected chi connectivity index (χ0v) is 14.8. The number of fused-ring (bicyclic) bond motifs is 1. The molecule has 0 fully saturated rings. The number of amides is 1. The number of nitrogens with one attached hydrogen (secondary N) is 1. The lowest BCUT2D eigenvalue weighted by atomic mass is 10.1. The van der Waals surface area contributed by atoms with Crippen LogP contribution in [0, 0.1) is 13.8 Å². The van der Waals surface area contributed by atoms with Crippen molar-refractivity contribution in [2.24, 2.45) is 7.05 Å². The molecule has 0 atom stereocenters. The molecule has 0 saturated heterocycles. The van der Waals surface area contributed by atoms with Crippen molar-refractivity contribution in [2.75, 3.05) is 12.3 Å². The highest BCUT2D eigenvalue weighted by atomic mass is 16.1. The second kappa shape index (κ2) is 6.93. The van der Waals surface area contributed by atoms with Crippen LogP contribution in [0.1, 0.15) is 22.6 Å². The Labute approximate surface area is 147 Å². The number of carbonyl (C=O) groups excluding carboxylic acids is 1. The van der Waals surface area contributed by atoms with Crippen molar-refractivity contribution >= 4 is 22.5 Å². The average Bonchev–Trinajstić information content (AvgIpc) is 2.82. The molecule has 0 unspecified atom stereocenters. The fourth-order valence-corrected chi connectivity index (χ4v) is 3.04. The van der Waals surface area contributed by atoms with Gasteiger partial charge in [-0.15, -0.1) is 0 Å². The molecule has 3 aromatic rings. The van der Waals surface area contributed by atoms with E-state index in [4.69, 9.17) is 5.73 Å². The summed E-state index contributed by atoms with van der Waals surface area (Å²) >= 11 is 0. The molecule has 0 aliphatic carbocycles. The smallest absolute Gasteiger partial charge is 0.226 e. The molecule has 1 aromatic carbocycles. The van der Waals surface area contributed by atoms with E-state index in [1.54, 1.807) is 0 Å². The number of nitrogen functional groups attached to an aromatic ring is 1. The highest BCUT2D eigenvalue weighted by Gasteiger charge is 2.10. The molecule has 6 nitrogen and oxygen atoms in total. The average molecular weight is 337 g/mol. The number of pyridine rings is 1. The molecule has 0 aliphatic rings. The highest BCUT2D eigenvalue weighted by Crippen LogP contribution is 2.19. The summed E-state index contributed by atoms with van der Waals surface area (Å²) in [6, 6.07) is 9.49. The van der Waals surface area contributed by atoms with Crippen LogP contribution in [0.15, 0.2) is 30.3 Å². The number of aromatic nitrogens is 3. The maximum absolute atomic E-state index is 12.2. The number of hydrogen-bond acceptors (Lipinski definition) is 4. The first kappa shape index (κ1) is 17.0. The van der Waals surface area contributed by atoms with Crippen LogP contribution < -0.4 is 11.1 Å². The molecule has 3 N–H and O–H groups in total. The third kappa shape index (κ3) is 3.63. The highest BCUT2D eigenvalue weighted by molar-refractivity contribution is 5.89. The molecule has 6 heteroatoms. The minimum atomic E-state index is -0.0412. The van der Waals surface area contributed by atoms with Crippen molar-refractivity contribution in [3.63, 3.8) is 0 Å². The molecule has 2 aromatic heterocycles. The predicted octanol–water partition coefficient (Wildman–Crippen LogP) is 2.07. The number of benzene rings is 1. The predicted molar refractivity (Wildman–Crippen MR) is 99.3 cm³/mol. The Morgan fingerprint density at radius 3 is 2.76 bits per heavy atom. The molecule has 25 heavy (non-hydrogen) atoms. The number of nitrogens with zero attached hydrogens (tertiary/aromatic N) is 3. The molecular weight excluding hydrogens is 314 g/mol. The summed E-state index contributed by atoms with van der Waals surface area (Å²) in [5, 5.41) is 8.33. The lowest BCUT2D eigenvalue weighted by molar-refractivity contribution is -0.120. The van der Waals surface area contributed by atoms with E-state index in [0.29, 0.717) is 12.2 Å². The maximum atomic E-state index is 12.2. The van der Waals surface area contributed by atoms with Gasteiger partial charge >= 0.3 is 0 Å². The van der Waals surface area contributed by atoms with Gasteiger partial charge in [-0.3, -0.25) is 14.5 Å². The van der Waals surface area contributed by atoms with E-state index in [2.05, 4.69) is 15.4 Å². The molecule has 1 amide bonds. The lowest BCUT2D eigenvalue weighted by Crippen LogP contribution is -2.27. The van der Waals surface area contributed by atoms with Gasteiger partial charge in [-0.1, -0.05) is 18.2 Å². The zero-order chi connectivity index (χ0) is 18.0. The fourth-order valence-electron chi connectivity index (χ4n) is 3.04. The summed E-state index contributed by atoms with van der Waals surface area (Å²) in [7, 11) is 1.93. The van der Waals surface area contributed by atoms with Crippen molar-refractivity contribution in [1.82, 2.24) is 20.1 Å². The van der Waals surface area contributed by atoms with Gasteiger partial charge in [0.1, 0.15) is 0 Å². The third-order valence-electron chi connectivity index (χ3n) is 4.51. The van der Waals surface area contributed by atoms with E-state index in [-0.39, 0.29) is 12.3 Å². The van der Waals surface area contributed by atoms with Crippen molar-refractivity contribution in [1.29, 1.82) is 0 Å². The summed E-state index contributed by atoms with van der Waals surface area (Å²) in [6.07, 6.45) is 1.02. The third-order valence-corrected chi connectivity index (χ3v) is 4.51. The molecule has 3 rings (SSSR count). The van der Waals surface area contributed by atoms with Crippen LogP contribution in [0.4, 0.5) is 5.69 Å². The lowest BCUT2D eigenvalue weighted by Gasteiger charge is -2.07. The number of hydrogen-bond donors (Lipinski definition) is 2. The van der Waals surface area contributed by atoms with Crippen molar-refractivity contribution < 1.29 is 4.79 Å². The molecule has 0 aliphatic heterocycles. The fraction of sp³-hybridized carbons (Fsp3) is 0.316. The summed E-state index contributed by atoms with van der Waals surface area (Å²) in [4.78, 5) is 16.7. The first-order chi connectivity index (χ1) is 12.0. The van der Waals surface area contributed by atoms with E-state index in [0.717, 1.165) is 34.4 Å². The van der Waals surface area contributed by atoms with E-state index in [9.17, 15) is 4.79 Å². The number of para-hydroxylation sites is 1. The summed E-state index contributed by atoms with van der Waals surface area (Å²) in [6.45, 7) is 4.62. The quantitative estimate of drug-likeness (QED) is 0.698. The Kier molecular flexibility index (Phi) is 4.70. The molecule has 2 heterocycles. The number of carbonyl (C=O) groups is 1. The largest absolute Gasteiger partial charge is 0.397 e. The van der Waals surface area contributed by atoms with Crippen molar-refractivity contribution in [2.45, 2.75) is 26.7 Å². The van der Waals surface area contributed by atoms with Crippen LogP contribution in [-0.4, -0.2) is 27.2 Å². The normalized spacial score (nSPS) is 11.0. The van der Waals surface area contributed by atoms with Crippen LogP contribution in [0.25, 0.3) is 10.9 Å². The van der Waals surface area contributed by atoms with Crippen LogP contribution in [0.3, 0.4) is 0 Å². The van der Waals surface area contributed by atoms with Gasteiger partial charge in [-0.05, 0) is 38.0 Å². The van der Waals surface area contributed by atoms with Gasteiger partial charge in [0, 0.05) is 24.7 Å². The monoisotopic (exact) mass is 337 g/mol. The van der Waals surface area contributed by atoms with Crippen LogP contribution >= 0.6 is 0 Å². The van der Waals surface area contributed by atoms with Gasteiger partial charge in [-0.25, -0.2) is 0 Å². The zero-order valence-electron chi connectivity index (χ0n) is 14.8. The van der Waals surface area contributed by atoms with Crippen LogP contribution in [-0.2, 0) is 24.7 Å². The Hall–Kier alpha value is -2.89. The summed E-state index contributed by atoms with van der Waals surface area (Å²) in [5.74, 6) is -0.0412. The minimum absolute atomic E-state index is 0.0412. The molecular formula is C19H23N5O. The first-order valence-corrected chi connectivity index (χ1v) is 8.35. The Morgan fingerprint density at radius 2 is 2.04 bits per heavy atom. The molecule has 0 radical (unpaired) electrons. The van der Waals surface area contributed by atoms with Crippen LogP contribution in [0.5, 0.6) is 0 Å². The van der Waals surface area contributed by atoms with E-state index in [1.807, 2.05) is 55.9 Å². The molecule has 130 valence electrons. The van der Waals surface area contributed by atoms with E-state index < -0.39 is 0 Å². The maximum Gasteiger partial charge on any atom is 0.226 e. The van der Waals surface area contributed by atoms with E-state index in [1.165, 1.54) is 5.56 Å². The summed E-state index contributed by atoms with van der Waals surface area (Å²) in [5.41, 5.74) is 11.4. The van der Waals surface area contributed by atoms with Gasteiger partial charge in [0.25, 0.3) is 0 Å². The second-order valence-electron chi connectivity index (χ2n) is 6.27. The Bertz CT molecular complexity index is 929. The minimum Gasteiger partial charge on any atom is -0.397 e. The topological polar surface area (TPSA) is 85.8 Å². The Morgan fingerprint density at radius 1 is 1.24 bits per heavy atom. The number of aryl methyl sites for hydroxylation is 2. The number of nitrogens with two attached hydrogens (primary N) is 1. The first-order valence-electron chi connectivity index (χ1n) is 8.35. The molecule has 0 saturated carbocycles. The molecule has 0 spiro atoms. The van der Waals surface area contributed by atoms with Gasteiger partial charge < -0.3 is 11.1 Å². The standard InChI is InChI=1S/C19H23N5O/c1-12-16(13(2)24(3)23-12)9-10-21-18(25)11-15-8-7-14-5-4-6-17(20)19(14)22-15/h4-8H,9-11,20H2,1-3H3,(H,21,25). The van der Waals surface area contributed by atoms with Gasteiger partial charge in [-0.2, -0.15) is 5.10 Å². The Balaban J connectivity index is 1.60. The van der Waals surface area contributed by atoms with Gasteiger partial charge in [0.05, 0.1) is 29.0 Å². The number of anilines is 1. The summed E-state index contributed by atoms with van der Waals surface area (Å²) < 4.78 is 1.87. The van der Waals surface area contributed by atoms with Crippen molar-refractivity contribution in [3.05, 3.63) is 53.0 Å².